The Morgan fingerprint density at radius 2 is 2.40 bits per heavy atom. The van der Waals surface area contributed by atoms with Crippen molar-refractivity contribution in [2.45, 2.75) is 6.04 Å². The third kappa shape index (κ3) is 1.93. The Morgan fingerprint density at radius 1 is 1.60 bits per heavy atom. The predicted octanol–water partition coefficient (Wildman–Crippen LogP) is 0.587. The Morgan fingerprint density at radius 3 is 2.87 bits per heavy atom. The third-order valence-electron chi connectivity index (χ3n) is 2.05. The smallest absolute Gasteiger partial charge is 0.109 e. The van der Waals surface area contributed by atoms with Crippen LogP contribution in [0.2, 0.25) is 0 Å². The van der Waals surface area contributed by atoms with Crippen molar-refractivity contribution in [1.82, 2.24) is 24.0 Å². The number of halogens is 1. The minimum atomic E-state index is -0.203. The van der Waals surface area contributed by atoms with Crippen molar-refractivity contribution in [3.05, 3.63) is 28.3 Å². The Bertz CT molecular complexity index is 419. The number of nitrogens with two attached hydrogens (primary N) is 1. The second-order valence-corrected chi connectivity index (χ2v) is 4.34. The lowest BCUT2D eigenvalue weighted by Crippen LogP contribution is -2.30. The van der Waals surface area contributed by atoms with Gasteiger partial charge >= 0.3 is 0 Å². The van der Waals surface area contributed by atoms with Gasteiger partial charge in [0.25, 0.3) is 0 Å². The minimum absolute atomic E-state index is 0.203. The number of aryl methyl sites for hydroxylation is 1. The summed E-state index contributed by atoms with van der Waals surface area (Å²) in [6.07, 6.45) is 3.41. The van der Waals surface area contributed by atoms with Crippen LogP contribution in [0.1, 0.15) is 17.4 Å². The number of hydrogen-bond acceptors (Lipinski definition) is 6. The van der Waals surface area contributed by atoms with Gasteiger partial charge in [-0.25, -0.2) is 5.43 Å². The number of hydrazine groups is 1. The summed E-state index contributed by atoms with van der Waals surface area (Å²) in [5.74, 6) is 5.52. The summed E-state index contributed by atoms with van der Waals surface area (Å²) in [4.78, 5) is 0. The number of aromatic nitrogens is 4. The van der Waals surface area contributed by atoms with Crippen molar-refractivity contribution in [3.63, 3.8) is 0 Å². The monoisotopic (exact) mass is 288 g/mol. The zero-order chi connectivity index (χ0) is 10.8. The van der Waals surface area contributed by atoms with Gasteiger partial charge in [-0.2, -0.15) is 13.8 Å². The molecule has 2 aromatic heterocycles. The molecule has 6 nitrogen and oxygen atoms in total. The Hall–Kier alpha value is -0.830. The summed E-state index contributed by atoms with van der Waals surface area (Å²) in [6, 6.07) is -0.203. The highest BCUT2D eigenvalue weighted by Crippen LogP contribution is 2.26. The van der Waals surface area contributed by atoms with Crippen molar-refractivity contribution < 1.29 is 0 Å². The van der Waals surface area contributed by atoms with Crippen molar-refractivity contribution >= 4 is 27.7 Å². The molecule has 0 radical (unpaired) electrons. The van der Waals surface area contributed by atoms with Gasteiger partial charge in [0.1, 0.15) is 6.04 Å². The highest BCUT2D eigenvalue weighted by molar-refractivity contribution is 9.10. The minimum Gasteiger partial charge on any atom is -0.270 e. The second kappa shape index (κ2) is 4.35. The highest BCUT2D eigenvalue weighted by atomic mass is 79.9. The largest absolute Gasteiger partial charge is 0.270 e. The standard InChI is InChI=1S/C7H9BrN6S/c1-14-7(4(8)2-10-14)6(12-9)5-3-11-15-13-5/h2-3,6,12H,9H2,1H3. The van der Waals surface area contributed by atoms with E-state index in [1.165, 1.54) is 0 Å². The van der Waals surface area contributed by atoms with Crippen LogP contribution in [0.5, 0.6) is 0 Å². The molecule has 1 atom stereocenters. The summed E-state index contributed by atoms with van der Waals surface area (Å²) in [5.41, 5.74) is 4.41. The van der Waals surface area contributed by atoms with E-state index in [1.54, 1.807) is 17.1 Å². The molecule has 2 rings (SSSR count). The molecule has 0 aromatic carbocycles. The van der Waals surface area contributed by atoms with Crippen LogP contribution in [0.25, 0.3) is 0 Å². The van der Waals surface area contributed by atoms with E-state index >= 15 is 0 Å². The molecule has 3 N–H and O–H groups in total. The first-order valence-electron chi connectivity index (χ1n) is 4.15. The Kier molecular flexibility index (Phi) is 3.10. The molecule has 0 saturated heterocycles. The zero-order valence-electron chi connectivity index (χ0n) is 7.88. The van der Waals surface area contributed by atoms with Gasteiger partial charge in [0.15, 0.2) is 0 Å². The fourth-order valence-corrected chi connectivity index (χ4v) is 2.37. The summed E-state index contributed by atoms with van der Waals surface area (Å²) >= 11 is 4.57. The van der Waals surface area contributed by atoms with Crippen LogP contribution >= 0.6 is 27.7 Å². The molecular formula is C7H9BrN6S. The maximum Gasteiger partial charge on any atom is 0.109 e. The van der Waals surface area contributed by atoms with Crippen LogP contribution in [0.4, 0.5) is 0 Å². The number of nitrogens with zero attached hydrogens (tertiary/aromatic N) is 4. The lowest BCUT2D eigenvalue weighted by atomic mass is 10.1. The van der Waals surface area contributed by atoms with Crippen molar-refractivity contribution in [2.24, 2.45) is 12.9 Å². The van der Waals surface area contributed by atoms with Crippen LogP contribution in [0.3, 0.4) is 0 Å². The fraction of sp³-hybridized carbons (Fsp3) is 0.286. The van der Waals surface area contributed by atoms with Crippen LogP contribution in [0, 0.1) is 0 Å². The molecule has 0 bridgehead atoms. The lowest BCUT2D eigenvalue weighted by Gasteiger charge is -2.13. The van der Waals surface area contributed by atoms with Crippen molar-refractivity contribution in [1.29, 1.82) is 0 Å². The summed E-state index contributed by atoms with van der Waals surface area (Å²) in [5, 5.41) is 4.12. The summed E-state index contributed by atoms with van der Waals surface area (Å²) in [7, 11) is 1.85. The summed E-state index contributed by atoms with van der Waals surface area (Å²) < 4.78 is 10.7. The maximum atomic E-state index is 5.52. The molecule has 0 fully saturated rings. The second-order valence-electron chi connectivity index (χ2n) is 2.93. The molecule has 80 valence electrons. The first-order chi connectivity index (χ1) is 7.24. The van der Waals surface area contributed by atoms with E-state index in [4.69, 9.17) is 5.84 Å². The first-order valence-corrected chi connectivity index (χ1v) is 5.67. The normalized spacial score (nSPS) is 13.0. The van der Waals surface area contributed by atoms with Crippen LogP contribution in [-0.4, -0.2) is 18.5 Å². The van der Waals surface area contributed by atoms with Gasteiger partial charge in [-0.05, 0) is 15.9 Å². The van der Waals surface area contributed by atoms with E-state index < -0.39 is 0 Å². The quantitative estimate of drug-likeness (QED) is 0.638. The molecule has 0 aliphatic rings. The van der Waals surface area contributed by atoms with Gasteiger partial charge in [0, 0.05) is 7.05 Å². The van der Waals surface area contributed by atoms with Crippen molar-refractivity contribution in [2.75, 3.05) is 0 Å². The Labute approximate surface area is 98.9 Å². The molecule has 8 heteroatoms. The molecule has 0 amide bonds. The molecule has 0 aliphatic heterocycles. The van der Waals surface area contributed by atoms with E-state index in [1.807, 2.05) is 7.05 Å². The third-order valence-corrected chi connectivity index (χ3v) is 3.15. The summed E-state index contributed by atoms with van der Waals surface area (Å²) in [6.45, 7) is 0. The highest BCUT2D eigenvalue weighted by Gasteiger charge is 2.21. The molecular weight excluding hydrogens is 280 g/mol. The molecule has 1 unspecified atom stereocenters. The molecule has 2 aromatic rings. The molecule has 0 aliphatic carbocycles. The van der Waals surface area contributed by atoms with Gasteiger partial charge in [-0.15, -0.1) is 0 Å². The van der Waals surface area contributed by atoms with Gasteiger partial charge < -0.3 is 0 Å². The fourth-order valence-electron chi connectivity index (χ4n) is 1.35. The molecule has 0 spiro atoms. The number of nitrogens with one attached hydrogen (secondary N) is 1. The van der Waals surface area contributed by atoms with E-state index in [9.17, 15) is 0 Å². The van der Waals surface area contributed by atoms with Gasteiger partial charge in [-0.3, -0.25) is 10.5 Å². The average Bonchev–Trinajstić information content (AvgIpc) is 2.83. The van der Waals surface area contributed by atoms with E-state index in [0.717, 1.165) is 27.6 Å². The van der Waals surface area contributed by atoms with E-state index in [-0.39, 0.29) is 6.04 Å². The molecule has 15 heavy (non-hydrogen) atoms. The van der Waals surface area contributed by atoms with Crippen LogP contribution < -0.4 is 11.3 Å². The van der Waals surface area contributed by atoms with E-state index in [2.05, 4.69) is 35.2 Å². The topological polar surface area (TPSA) is 81.7 Å². The van der Waals surface area contributed by atoms with Crippen LogP contribution in [-0.2, 0) is 7.05 Å². The Balaban J connectivity index is 2.44. The van der Waals surface area contributed by atoms with Gasteiger partial charge in [-0.1, -0.05) is 0 Å². The first kappa shape index (κ1) is 10.7. The van der Waals surface area contributed by atoms with Gasteiger partial charge in [0.05, 0.1) is 40.0 Å². The SMILES string of the molecule is Cn1ncc(Br)c1C(NN)c1cnsn1. The van der Waals surface area contributed by atoms with E-state index in [0.29, 0.717) is 0 Å². The number of rotatable bonds is 3. The maximum absolute atomic E-state index is 5.52. The average molecular weight is 289 g/mol. The van der Waals surface area contributed by atoms with Crippen molar-refractivity contribution in [3.8, 4) is 0 Å². The molecule has 2 heterocycles. The lowest BCUT2D eigenvalue weighted by molar-refractivity contribution is 0.565. The zero-order valence-corrected chi connectivity index (χ0v) is 10.3. The van der Waals surface area contributed by atoms with Crippen LogP contribution in [0.15, 0.2) is 16.9 Å². The molecule has 0 saturated carbocycles. The number of hydrogen-bond donors (Lipinski definition) is 2. The predicted molar refractivity (Wildman–Crippen MR) is 60.0 cm³/mol. The van der Waals surface area contributed by atoms with Gasteiger partial charge in [0.2, 0.25) is 0 Å².